The van der Waals surface area contributed by atoms with Crippen LogP contribution in [0.3, 0.4) is 0 Å². The standard InChI is InChI=1S/C16H19ClN2O2/c1-20-14-6-11(7-15(9-14)21-2)16(10-18)19-13-5-3-4-12(17)8-13/h3-9,16,19H,10,18H2,1-2H3. The van der Waals surface area contributed by atoms with Crippen LogP contribution in [0.4, 0.5) is 5.69 Å². The lowest BCUT2D eigenvalue weighted by molar-refractivity contribution is 0.393. The van der Waals surface area contributed by atoms with Gasteiger partial charge in [-0.05, 0) is 35.9 Å². The highest BCUT2D eigenvalue weighted by atomic mass is 35.5. The second-order valence-electron chi connectivity index (χ2n) is 4.59. The number of hydrogen-bond donors (Lipinski definition) is 2. The molecule has 21 heavy (non-hydrogen) atoms. The van der Waals surface area contributed by atoms with Gasteiger partial charge in [0.1, 0.15) is 11.5 Å². The Balaban J connectivity index is 2.28. The van der Waals surface area contributed by atoms with Crippen molar-refractivity contribution in [1.29, 1.82) is 0 Å². The fraction of sp³-hybridized carbons (Fsp3) is 0.250. The predicted molar refractivity (Wildman–Crippen MR) is 86.4 cm³/mol. The molecule has 0 aromatic heterocycles. The molecule has 112 valence electrons. The molecule has 2 aromatic rings. The van der Waals surface area contributed by atoms with Gasteiger partial charge in [0.25, 0.3) is 0 Å². The number of anilines is 1. The fourth-order valence-corrected chi connectivity index (χ4v) is 2.28. The van der Waals surface area contributed by atoms with E-state index in [0.717, 1.165) is 22.7 Å². The van der Waals surface area contributed by atoms with Crippen molar-refractivity contribution in [2.24, 2.45) is 5.73 Å². The molecule has 4 nitrogen and oxygen atoms in total. The van der Waals surface area contributed by atoms with Gasteiger partial charge in [-0.3, -0.25) is 0 Å². The first-order chi connectivity index (χ1) is 10.2. The summed E-state index contributed by atoms with van der Waals surface area (Å²) >= 11 is 6.00. The summed E-state index contributed by atoms with van der Waals surface area (Å²) in [5, 5.41) is 4.05. The van der Waals surface area contributed by atoms with Crippen molar-refractivity contribution < 1.29 is 9.47 Å². The Bertz CT molecular complexity index is 582. The predicted octanol–water partition coefficient (Wildman–Crippen LogP) is 3.47. The van der Waals surface area contributed by atoms with E-state index in [9.17, 15) is 0 Å². The highest BCUT2D eigenvalue weighted by molar-refractivity contribution is 6.30. The minimum Gasteiger partial charge on any atom is -0.497 e. The molecule has 3 N–H and O–H groups in total. The van der Waals surface area contributed by atoms with Crippen LogP contribution < -0.4 is 20.5 Å². The summed E-state index contributed by atoms with van der Waals surface area (Å²) in [7, 11) is 3.25. The van der Waals surface area contributed by atoms with Crippen LogP contribution in [0.2, 0.25) is 5.02 Å². The second-order valence-corrected chi connectivity index (χ2v) is 5.03. The zero-order valence-corrected chi connectivity index (χ0v) is 12.9. The van der Waals surface area contributed by atoms with Crippen molar-refractivity contribution >= 4 is 17.3 Å². The van der Waals surface area contributed by atoms with Crippen molar-refractivity contribution in [3.8, 4) is 11.5 Å². The number of rotatable bonds is 6. The van der Waals surface area contributed by atoms with Crippen LogP contribution in [0.15, 0.2) is 42.5 Å². The van der Waals surface area contributed by atoms with Gasteiger partial charge in [-0.1, -0.05) is 17.7 Å². The lowest BCUT2D eigenvalue weighted by Crippen LogP contribution is -2.20. The van der Waals surface area contributed by atoms with Gasteiger partial charge in [0.15, 0.2) is 0 Å². The van der Waals surface area contributed by atoms with Crippen molar-refractivity contribution in [2.45, 2.75) is 6.04 Å². The quantitative estimate of drug-likeness (QED) is 0.858. The van der Waals surface area contributed by atoms with Gasteiger partial charge >= 0.3 is 0 Å². The number of benzene rings is 2. The van der Waals surface area contributed by atoms with E-state index in [1.54, 1.807) is 14.2 Å². The summed E-state index contributed by atoms with van der Waals surface area (Å²) in [5.41, 5.74) is 7.81. The molecule has 2 aromatic carbocycles. The normalized spacial score (nSPS) is 11.8. The van der Waals surface area contributed by atoms with Gasteiger partial charge in [-0.15, -0.1) is 0 Å². The summed E-state index contributed by atoms with van der Waals surface area (Å²) in [6.07, 6.45) is 0. The highest BCUT2D eigenvalue weighted by Crippen LogP contribution is 2.28. The molecule has 0 aliphatic carbocycles. The summed E-state index contributed by atoms with van der Waals surface area (Å²) in [6, 6.07) is 13.2. The van der Waals surface area contributed by atoms with Crippen LogP contribution in [0, 0.1) is 0 Å². The monoisotopic (exact) mass is 306 g/mol. The Kier molecular flexibility index (Phi) is 5.31. The topological polar surface area (TPSA) is 56.5 Å². The van der Waals surface area contributed by atoms with Crippen LogP contribution in [-0.4, -0.2) is 20.8 Å². The first kappa shape index (κ1) is 15.5. The van der Waals surface area contributed by atoms with Crippen LogP contribution in [0.5, 0.6) is 11.5 Å². The molecule has 1 unspecified atom stereocenters. The summed E-state index contributed by atoms with van der Waals surface area (Å²) < 4.78 is 10.6. The van der Waals surface area contributed by atoms with Crippen molar-refractivity contribution in [3.05, 3.63) is 53.1 Å². The number of halogens is 1. The molecular formula is C16H19ClN2O2. The molecule has 0 amide bonds. The van der Waals surface area contributed by atoms with E-state index in [1.807, 2.05) is 42.5 Å². The third-order valence-corrected chi connectivity index (χ3v) is 3.41. The molecular weight excluding hydrogens is 288 g/mol. The average molecular weight is 307 g/mol. The van der Waals surface area contributed by atoms with E-state index < -0.39 is 0 Å². The Morgan fingerprint density at radius 3 is 2.29 bits per heavy atom. The Morgan fingerprint density at radius 1 is 1.10 bits per heavy atom. The van der Waals surface area contributed by atoms with Crippen molar-refractivity contribution in [1.82, 2.24) is 0 Å². The smallest absolute Gasteiger partial charge is 0.122 e. The first-order valence-corrected chi connectivity index (χ1v) is 6.99. The summed E-state index contributed by atoms with van der Waals surface area (Å²) in [4.78, 5) is 0. The minimum absolute atomic E-state index is 0.0625. The summed E-state index contributed by atoms with van der Waals surface area (Å²) in [5.74, 6) is 1.46. The molecule has 0 saturated heterocycles. The van der Waals surface area contributed by atoms with E-state index in [2.05, 4.69) is 5.32 Å². The molecule has 5 heteroatoms. The Labute approximate surface area is 129 Å². The van der Waals surface area contributed by atoms with Gasteiger partial charge in [0.05, 0.1) is 20.3 Å². The molecule has 0 spiro atoms. The molecule has 0 radical (unpaired) electrons. The maximum atomic E-state index is 6.00. The van der Waals surface area contributed by atoms with Crippen LogP contribution >= 0.6 is 11.6 Å². The van der Waals surface area contributed by atoms with Gasteiger partial charge in [0, 0.05) is 23.3 Å². The zero-order valence-electron chi connectivity index (χ0n) is 12.1. The molecule has 0 fully saturated rings. The molecule has 0 saturated carbocycles. The van der Waals surface area contributed by atoms with Crippen molar-refractivity contribution in [3.63, 3.8) is 0 Å². The van der Waals surface area contributed by atoms with E-state index in [1.165, 1.54) is 0 Å². The number of nitrogens with one attached hydrogen (secondary N) is 1. The van der Waals surface area contributed by atoms with E-state index in [0.29, 0.717) is 11.6 Å². The van der Waals surface area contributed by atoms with Gasteiger partial charge in [-0.2, -0.15) is 0 Å². The maximum absolute atomic E-state index is 6.00. The SMILES string of the molecule is COc1cc(OC)cc(C(CN)Nc2cccc(Cl)c2)c1. The van der Waals surface area contributed by atoms with E-state index in [4.69, 9.17) is 26.8 Å². The van der Waals surface area contributed by atoms with Gasteiger partial charge in [-0.25, -0.2) is 0 Å². The Morgan fingerprint density at radius 2 is 1.76 bits per heavy atom. The molecule has 1 atom stereocenters. The molecule has 0 heterocycles. The number of ether oxygens (including phenoxy) is 2. The first-order valence-electron chi connectivity index (χ1n) is 6.61. The lowest BCUT2D eigenvalue weighted by atomic mass is 10.1. The third-order valence-electron chi connectivity index (χ3n) is 3.18. The van der Waals surface area contributed by atoms with Gasteiger partial charge in [0.2, 0.25) is 0 Å². The van der Waals surface area contributed by atoms with Crippen molar-refractivity contribution in [2.75, 3.05) is 26.1 Å². The van der Waals surface area contributed by atoms with Crippen LogP contribution in [0.25, 0.3) is 0 Å². The minimum atomic E-state index is -0.0625. The second kappa shape index (κ2) is 7.20. The number of methoxy groups -OCH3 is 2. The van der Waals surface area contributed by atoms with Crippen LogP contribution in [0.1, 0.15) is 11.6 Å². The third kappa shape index (κ3) is 4.03. The molecule has 0 bridgehead atoms. The highest BCUT2D eigenvalue weighted by Gasteiger charge is 2.12. The molecule has 2 rings (SSSR count). The number of nitrogens with two attached hydrogens (primary N) is 1. The van der Waals surface area contributed by atoms with Gasteiger partial charge < -0.3 is 20.5 Å². The maximum Gasteiger partial charge on any atom is 0.122 e. The van der Waals surface area contributed by atoms with Crippen LogP contribution in [-0.2, 0) is 0 Å². The van der Waals surface area contributed by atoms with E-state index >= 15 is 0 Å². The average Bonchev–Trinajstić information content (AvgIpc) is 2.52. The molecule has 0 aliphatic heterocycles. The van der Waals surface area contributed by atoms with E-state index in [-0.39, 0.29) is 6.04 Å². The Hall–Kier alpha value is -1.91. The largest absolute Gasteiger partial charge is 0.497 e. The zero-order chi connectivity index (χ0) is 15.2. The fourth-order valence-electron chi connectivity index (χ4n) is 2.09. The lowest BCUT2D eigenvalue weighted by Gasteiger charge is -2.20. The molecule has 0 aliphatic rings. The number of hydrogen-bond acceptors (Lipinski definition) is 4. The summed E-state index contributed by atoms with van der Waals surface area (Å²) in [6.45, 7) is 0.433.